The zero-order valence-corrected chi connectivity index (χ0v) is 23.5. The molecular weight excluding hydrogens is 443 g/mol. The quantitative estimate of drug-likeness (QED) is 0.356. The van der Waals surface area contributed by atoms with Crippen molar-refractivity contribution in [1.82, 2.24) is 0 Å². The minimum Gasteiger partial charge on any atom is -0.402 e. The van der Waals surface area contributed by atoms with Crippen molar-refractivity contribution in [3.8, 4) is 0 Å². The minimum absolute atomic E-state index is 0.0242. The molecule has 3 nitrogen and oxygen atoms in total. The fourth-order valence-electron chi connectivity index (χ4n) is 4.58. The van der Waals surface area contributed by atoms with E-state index in [4.69, 9.17) is 4.65 Å². The summed E-state index contributed by atoms with van der Waals surface area (Å²) in [6.45, 7) is 19.8. The SMILES string of the molecule is CC(C)(C)c1ccc(C(OB(O)O)C(c2ccc(C(C)(C)C)cc2)c2ccc(C(C)(C)C)cc2)cc1. The van der Waals surface area contributed by atoms with E-state index in [0.717, 1.165) is 16.7 Å². The first-order valence-electron chi connectivity index (χ1n) is 12.9. The molecule has 192 valence electrons. The average molecular weight is 487 g/mol. The van der Waals surface area contributed by atoms with E-state index in [1.54, 1.807) is 0 Å². The van der Waals surface area contributed by atoms with E-state index in [1.807, 2.05) is 12.1 Å². The van der Waals surface area contributed by atoms with E-state index in [0.29, 0.717) is 0 Å². The summed E-state index contributed by atoms with van der Waals surface area (Å²) < 4.78 is 5.84. The van der Waals surface area contributed by atoms with Crippen molar-refractivity contribution in [1.29, 1.82) is 0 Å². The first-order valence-corrected chi connectivity index (χ1v) is 12.9. The van der Waals surface area contributed by atoms with Gasteiger partial charge in [-0.25, -0.2) is 0 Å². The Labute approximate surface area is 218 Å². The Hall–Kier alpha value is -2.40. The Morgan fingerprint density at radius 1 is 0.500 bits per heavy atom. The lowest BCUT2D eigenvalue weighted by Crippen LogP contribution is -2.26. The van der Waals surface area contributed by atoms with Gasteiger partial charge in [0.2, 0.25) is 0 Å². The standard InChI is InChI=1S/C32H43BO3/c1-30(2,3)25-16-10-22(11-17-25)28(23-12-18-26(19-13-23)31(4,5)6)29(36-33(34)35)24-14-20-27(21-15-24)32(7,8)9/h10-21,28-29,34-35H,1-9H3. The fourth-order valence-corrected chi connectivity index (χ4v) is 4.58. The molecule has 3 rings (SSSR count). The van der Waals surface area contributed by atoms with Gasteiger partial charge in [0, 0.05) is 5.92 Å². The third-order valence-electron chi connectivity index (χ3n) is 6.95. The fraction of sp³-hybridized carbons (Fsp3) is 0.438. The van der Waals surface area contributed by atoms with Crippen molar-refractivity contribution >= 4 is 7.32 Å². The lowest BCUT2D eigenvalue weighted by atomic mass is 9.78. The van der Waals surface area contributed by atoms with Crippen molar-refractivity contribution in [2.75, 3.05) is 0 Å². The maximum atomic E-state index is 9.95. The molecule has 0 aliphatic rings. The molecule has 0 saturated carbocycles. The zero-order chi connectivity index (χ0) is 26.9. The van der Waals surface area contributed by atoms with Gasteiger partial charge in [-0.05, 0) is 49.6 Å². The van der Waals surface area contributed by atoms with Gasteiger partial charge in [0.05, 0.1) is 6.10 Å². The Balaban J connectivity index is 2.16. The van der Waals surface area contributed by atoms with Gasteiger partial charge < -0.3 is 14.7 Å². The third kappa shape index (κ3) is 6.88. The van der Waals surface area contributed by atoms with E-state index in [-0.39, 0.29) is 22.2 Å². The molecule has 3 aromatic carbocycles. The molecule has 0 fully saturated rings. The van der Waals surface area contributed by atoms with Crippen LogP contribution in [0.25, 0.3) is 0 Å². The molecule has 36 heavy (non-hydrogen) atoms. The van der Waals surface area contributed by atoms with Crippen molar-refractivity contribution < 1.29 is 14.7 Å². The van der Waals surface area contributed by atoms with Crippen LogP contribution in [0.5, 0.6) is 0 Å². The number of benzene rings is 3. The van der Waals surface area contributed by atoms with E-state index in [2.05, 4.69) is 123 Å². The maximum absolute atomic E-state index is 9.95. The highest BCUT2D eigenvalue weighted by Gasteiger charge is 2.32. The molecular formula is C32H43BO3. The Morgan fingerprint density at radius 2 is 0.778 bits per heavy atom. The first kappa shape index (κ1) is 28.2. The van der Waals surface area contributed by atoms with Crippen LogP contribution in [0.1, 0.15) is 108 Å². The van der Waals surface area contributed by atoms with E-state index in [1.165, 1.54) is 16.7 Å². The molecule has 0 heterocycles. The molecule has 0 spiro atoms. The number of rotatable bonds is 6. The molecule has 1 unspecified atom stereocenters. The summed E-state index contributed by atoms with van der Waals surface area (Å²) in [7, 11) is -1.89. The van der Waals surface area contributed by atoms with Crippen LogP contribution in [0.2, 0.25) is 0 Å². The van der Waals surface area contributed by atoms with Crippen LogP contribution in [0.3, 0.4) is 0 Å². The summed E-state index contributed by atoms with van der Waals surface area (Å²) in [5.41, 5.74) is 6.87. The van der Waals surface area contributed by atoms with E-state index >= 15 is 0 Å². The predicted molar refractivity (Wildman–Crippen MR) is 151 cm³/mol. The predicted octanol–water partition coefficient (Wildman–Crippen LogP) is 7.44. The minimum atomic E-state index is -1.89. The van der Waals surface area contributed by atoms with Gasteiger partial charge in [0.15, 0.2) is 0 Å². The van der Waals surface area contributed by atoms with Crippen LogP contribution < -0.4 is 0 Å². The molecule has 4 heteroatoms. The highest BCUT2D eigenvalue weighted by molar-refractivity contribution is 6.32. The van der Waals surface area contributed by atoms with E-state index in [9.17, 15) is 10.0 Å². The molecule has 1 atom stereocenters. The highest BCUT2D eigenvalue weighted by Crippen LogP contribution is 2.41. The highest BCUT2D eigenvalue weighted by atomic mass is 16.6. The zero-order valence-electron chi connectivity index (χ0n) is 23.5. The van der Waals surface area contributed by atoms with Gasteiger partial charge in [0.25, 0.3) is 0 Å². The normalized spacial score (nSPS) is 13.7. The summed E-state index contributed by atoms with van der Waals surface area (Å²) >= 11 is 0. The Bertz CT molecular complexity index is 1050. The van der Waals surface area contributed by atoms with Crippen molar-refractivity contribution in [2.45, 2.75) is 90.6 Å². The smallest absolute Gasteiger partial charge is 0.402 e. The summed E-state index contributed by atoms with van der Waals surface area (Å²) in [5.74, 6) is -0.227. The summed E-state index contributed by atoms with van der Waals surface area (Å²) in [6, 6.07) is 25.6. The third-order valence-corrected chi connectivity index (χ3v) is 6.95. The van der Waals surface area contributed by atoms with Crippen LogP contribution >= 0.6 is 0 Å². The summed E-state index contributed by atoms with van der Waals surface area (Å²) in [6.07, 6.45) is -0.583. The van der Waals surface area contributed by atoms with Crippen LogP contribution in [0.4, 0.5) is 0 Å². The molecule has 0 aliphatic heterocycles. The molecule has 0 saturated heterocycles. The van der Waals surface area contributed by atoms with Gasteiger partial charge in [0.1, 0.15) is 0 Å². The van der Waals surface area contributed by atoms with Crippen LogP contribution in [0.15, 0.2) is 72.8 Å². The Morgan fingerprint density at radius 3 is 1.03 bits per heavy atom. The first-order chi connectivity index (χ1) is 16.6. The summed E-state index contributed by atoms with van der Waals surface area (Å²) in [4.78, 5) is 0. The lowest BCUT2D eigenvalue weighted by Gasteiger charge is -2.31. The van der Waals surface area contributed by atoms with Gasteiger partial charge in [-0.3, -0.25) is 0 Å². The average Bonchev–Trinajstić information content (AvgIpc) is 2.77. The van der Waals surface area contributed by atoms with Crippen LogP contribution in [-0.4, -0.2) is 17.4 Å². The number of hydrogen-bond donors (Lipinski definition) is 2. The van der Waals surface area contributed by atoms with Crippen LogP contribution in [-0.2, 0) is 20.9 Å². The second-order valence-corrected chi connectivity index (χ2v) is 13.0. The lowest BCUT2D eigenvalue weighted by molar-refractivity contribution is 0.106. The topological polar surface area (TPSA) is 49.7 Å². The Kier molecular flexibility index (Phi) is 8.25. The van der Waals surface area contributed by atoms with Gasteiger partial charge in [-0.15, -0.1) is 0 Å². The van der Waals surface area contributed by atoms with Crippen molar-refractivity contribution in [3.05, 3.63) is 106 Å². The molecule has 2 N–H and O–H groups in total. The van der Waals surface area contributed by atoms with Crippen molar-refractivity contribution in [3.63, 3.8) is 0 Å². The van der Waals surface area contributed by atoms with Gasteiger partial charge in [-0.1, -0.05) is 135 Å². The van der Waals surface area contributed by atoms with Crippen LogP contribution in [0, 0.1) is 0 Å². The van der Waals surface area contributed by atoms with Crippen molar-refractivity contribution in [2.24, 2.45) is 0 Å². The maximum Gasteiger partial charge on any atom is 0.634 e. The summed E-state index contributed by atoms with van der Waals surface area (Å²) in [5, 5.41) is 19.9. The van der Waals surface area contributed by atoms with E-state index < -0.39 is 13.4 Å². The molecule has 0 radical (unpaired) electrons. The second kappa shape index (κ2) is 10.5. The largest absolute Gasteiger partial charge is 0.634 e. The second-order valence-electron chi connectivity index (χ2n) is 13.0. The monoisotopic (exact) mass is 486 g/mol. The molecule has 0 bridgehead atoms. The molecule has 0 aliphatic carbocycles. The molecule has 0 aromatic heterocycles. The molecule has 3 aromatic rings. The van der Waals surface area contributed by atoms with Gasteiger partial charge >= 0.3 is 7.32 Å². The van der Waals surface area contributed by atoms with Gasteiger partial charge in [-0.2, -0.15) is 0 Å². The number of hydrogen-bond acceptors (Lipinski definition) is 3. The molecule has 0 amide bonds.